The first-order valence-electron chi connectivity index (χ1n) is 6.53. The lowest BCUT2D eigenvalue weighted by Crippen LogP contribution is -2.20. The Morgan fingerprint density at radius 1 is 1.10 bits per heavy atom. The fourth-order valence-electron chi connectivity index (χ4n) is 2.58. The van der Waals surface area contributed by atoms with E-state index >= 15 is 0 Å². The highest BCUT2D eigenvalue weighted by atomic mass is 35.5. The van der Waals surface area contributed by atoms with E-state index in [0.29, 0.717) is 0 Å². The van der Waals surface area contributed by atoms with E-state index in [0.717, 1.165) is 17.3 Å². The molecule has 0 N–H and O–H groups in total. The molecule has 3 rings (SSSR count). The van der Waals surface area contributed by atoms with Gasteiger partial charge in [0.1, 0.15) is 5.75 Å². The summed E-state index contributed by atoms with van der Waals surface area (Å²) in [6.07, 6.45) is 2.20. The van der Waals surface area contributed by atoms with Gasteiger partial charge in [0.25, 0.3) is 0 Å². The van der Waals surface area contributed by atoms with Crippen molar-refractivity contribution in [2.75, 3.05) is 14.2 Å². The largest absolute Gasteiger partial charge is 0.496 e. The van der Waals surface area contributed by atoms with Crippen LogP contribution in [0.4, 0.5) is 0 Å². The van der Waals surface area contributed by atoms with Crippen LogP contribution in [0.2, 0.25) is 5.02 Å². The maximum atomic E-state index is 5.96. The first-order valence-corrected chi connectivity index (χ1v) is 6.91. The number of fused-ring (bicyclic) bond motifs is 1. The Kier molecular flexibility index (Phi) is 3.41. The van der Waals surface area contributed by atoms with Gasteiger partial charge in [-0.1, -0.05) is 35.9 Å². The summed E-state index contributed by atoms with van der Waals surface area (Å²) in [7, 11) is 3.81. The van der Waals surface area contributed by atoms with Crippen LogP contribution >= 0.6 is 11.6 Å². The first-order chi connectivity index (χ1) is 9.69. The molecule has 0 amide bonds. The maximum Gasteiger partial charge on any atom is 0.124 e. The van der Waals surface area contributed by atoms with Crippen LogP contribution in [0.1, 0.15) is 16.7 Å². The van der Waals surface area contributed by atoms with E-state index in [2.05, 4.69) is 36.2 Å². The Bertz CT molecular complexity index is 661. The van der Waals surface area contributed by atoms with Crippen LogP contribution < -0.4 is 4.74 Å². The SMILES string of the molecule is COc1cccc2c1CN(C)C(c1ccc(Cl)cc1)=C2. The summed E-state index contributed by atoms with van der Waals surface area (Å²) >= 11 is 5.96. The molecule has 0 fully saturated rings. The number of hydrogen-bond acceptors (Lipinski definition) is 2. The maximum absolute atomic E-state index is 5.96. The second-order valence-electron chi connectivity index (χ2n) is 4.92. The van der Waals surface area contributed by atoms with Crippen LogP contribution in [0, 0.1) is 0 Å². The molecule has 1 aliphatic rings. The molecular weight excluding hydrogens is 270 g/mol. The van der Waals surface area contributed by atoms with Crippen molar-refractivity contribution >= 4 is 23.4 Å². The lowest BCUT2D eigenvalue weighted by Gasteiger charge is -2.29. The van der Waals surface area contributed by atoms with Gasteiger partial charge in [-0.15, -0.1) is 0 Å². The van der Waals surface area contributed by atoms with Crippen molar-refractivity contribution < 1.29 is 4.74 Å². The van der Waals surface area contributed by atoms with E-state index in [4.69, 9.17) is 16.3 Å². The number of rotatable bonds is 2. The Labute approximate surface area is 124 Å². The van der Waals surface area contributed by atoms with Gasteiger partial charge in [0.2, 0.25) is 0 Å². The van der Waals surface area contributed by atoms with Crippen LogP contribution in [0.5, 0.6) is 5.75 Å². The summed E-state index contributed by atoms with van der Waals surface area (Å²) in [6.45, 7) is 0.841. The monoisotopic (exact) mass is 285 g/mol. The molecule has 0 bridgehead atoms. The molecule has 1 heterocycles. The fraction of sp³-hybridized carbons (Fsp3) is 0.176. The van der Waals surface area contributed by atoms with Gasteiger partial charge in [-0.05, 0) is 35.4 Å². The molecule has 3 heteroatoms. The highest BCUT2D eigenvalue weighted by molar-refractivity contribution is 6.30. The normalized spacial score (nSPS) is 13.8. The second-order valence-corrected chi connectivity index (χ2v) is 5.36. The highest BCUT2D eigenvalue weighted by Gasteiger charge is 2.19. The van der Waals surface area contributed by atoms with Gasteiger partial charge in [-0.25, -0.2) is 0 Å². The minimum Gasteiger partial charge on any atom is -0.496 e. The quantitative estimate of drug-likeness (QED) is 0.816. The van der Waals surface area contributed by atoms with Crippen molar-refractivity contribution in [2.24, 2.45) is 0 Å². The third-order valence-corrected chi connectivity index (χ3v) is 3.88. The zero-order chi connectivity index (χ0) is 14.1. The molecule has 0 saturated heterocycles. The van der Waals surface area contributed by atoms with E-state index in [1.165, 1.54) is 22.4 Å². The third kappa shape index (κ3) is 2.27. The highest BCUT2D eigenvalue weighted by Crippen LogP contribution is 2.34. The fourth-order valence-corrected chi connectivity index (χ4v) is 2.71. The van der Waals surface area contributed by atoms with Gasteiger partial charge < -0.3 is 9.64 Å². The molecule has 0 spiro atoms. The van der Waals surface area contributed by atoms with Crippen LogP contribution in [-0.2, 0) is 6.54 Å². The van der Waals surface area contributed by atoms with Crippen molar-refractivity contribution in [2.45, 2.75) is 6.54 Å². The summed E-state index contributed by atoms with van der Waals surface area (Å²) in [5.74, 6) is 0.945. The summed E-state index contributed by atoms with van der Waals surface area (Å²) in [5.41, 5.74) is 4.82. The second kappa shape index (κ2) is 5.22. The van der Waals surface area contributed by atoms with Crippen molar-refractivity contribution in [3.8, 4) is 5.75 Å². The van der Waals surface area contributed by atoms with Gasteiger partial charge in [-0.2, -0.15) is 0 Å². The number of nitrogens with zero attached hydrogens (tertiary/aromatic N) is 1. The van der Waals surface area contributed by atoms with E-state index < -0.39 is 0 Å². The molecule has 0 unspecified atom stereocenters. The standard InChI is InChI=1S/C17H16ClNO/c1-19-11-15-13(4-3-5-17(15)20-2)10-16(19)12-6-8-14(18)9-7-12/h3-10H,11H2,1-2H3. The average molecular weight is 286 g/mol. The lowest BCUT2D eigenvalue weighted by atomic mass is 9.98. The number of methoxy groups -OCH3 is 1. The van der Waals surface area contributed by atoms with Crippen molar-refractivity contribution in [1.29, 1.82) is 0 Å². The predicted molar refractivity (Wildman–Crippen MR) is 83.8 cm³/mol. The van der Waals surface area contributed by atoms with Crippen molar-refractivity contribution in [3.05, 3.63) is 64.2 Å². The minimum absolute atomic E-state index is 0.759. The van der Waals surface area contributed by atoms with E-state index in [9.17, 15) is 0 Å². The third-order valence-electron chi connectivity index (χ3n) is 3.63. The van der Waals surface area contributed by atoms with E-state index in [-0.39, 0.29) is 0 Å². The summed E-state index contributed by atoms with van der Waals surface area (Å²) < 4.78 is 5.44. The van der Waals surface area contributed by atoms with Gasteiger partial charge >= 0.3 is 0 Å². The van der Waals surface area contributed by atoms with Crippen molar-refractivity contribution in [3.63, 3.8) is 0 Å². The summed E-state index contributed by atoms with van der Waals surface area (Å²) in [6, 6.07) is 14.1. The summed E-state index contributed by atoms with van der Waals surface area (Å²) in [4.78, 5) is 2.23. The Morgan fingerprint density at radius 2 is 1.85 bits per heavy atom. The Balaban J connectivity index is 2.08. The number of ether oxygens (including phenoxy) is 1. The molecule has 1 aliphatic heterocycles. The Morgan fingerprint density at radius 3 is 2.55 bits per heavy atom. The van der Waals surface area contributed by atoms with Gasteiger partial charge in [0, 0.05) is 29.9 Å². The molecule has 0 atom stereocenters. The van der Waals surface area contributed by atoms with Crippen LogP contribution in [0.15, 0.2) is 42.5 Å². The van der Waals surface area contributed by atoms with Gasteiger partial charge in [-0.3, -0.25) is 0 Å². The van der Waals surface area contributed by atoms with Crippen LogP contribution in [0.3, 0.4) is 0 Å². The number of benzene rings is 2. The smallest absolute Gasteiger partial charge is 0.124 e. The molecule has 2 aromatic carbocycles. The van der Waals surface area contributed by atoms with Crippen LogP contribution in [0.25, 0.3) is 11.8 Å². The van der Waals surface area contributed by atoms with Crippen molar-refractivity contribution in [1.82, 2.24) is 4.90 Å². The molecule has 0 aliphatic carbocycles. The predicted octanol–water partition coefficient (Wildman–Crippen LogP) is 4.29. The zero-order valence-corrected chi connectivity index (χ0v) is 12.3. The molecular formula is C17H16ClNO. The number of halogens is 1. The van der Waals surface area contributed by atoms with Gasteiger partial charge in [0.15, 0.2) is 0 Å². The zero-order valence-electron chi connectivity index (χ0n) is 11.6. The molecule has 102 valence electrons. The van der Waals surface area contributed by atoms with Crippen LogP contribution in [-0.4, -0.2) is 19.1 Å². The molecule has 20 heavy (non-hydrogen) atoms. The number of hydrogen-bond donors (Lipinski definition) is 0. The Hall–Kier alpha value is -1.93. The first kappa shape index (κ1) is 13.1. The molecule has 0 saturated carbocycles. The average Bonchev–Trinajstić information content (AvgIpc) is 2.47. The summed E-state index contributed by atoms with van der Waals surface area (Å²) in [5, 5.41) is 0.759. The lowest BCUT2D eigenvalue weighted by molar-refractivity contribution is 0.393. The van der Waals surface area contributed by atoms with E-state index in [1.807, 2.05) is 24.3 Å². The van der Waals surface area contributed by atoms with Gasteiger partial charge in [0.05, 0.1) is 7.11 Å². The molecule has 2 nitrogen and oxygen atoms in total. The van der Waals surface area contributed by atoms with E-state index in [1.54, 1.807) is 7.11 Å². The topological polar surface area (TPSA) is 12.5 Å². The molecule has 0 radical (unpaired) electrons. The minimum atomic E-state index is 0.759. The molecule has 0 aromatic heterocycles. The molecule has 2 aromatic rings.